The number of halogens is 1. The molecule has 27 heavy (non-hydrogen) atoms. The summed E-state index contributed by atoms with van der Waals surface area (Å²) in [5.74, 6) is 0.516. The third-order valence-electron chi connectivity index (χ3n) is 3.99. The molecule has 140 valence electrons. The molecule has 3 rings (SSSR count). The summed E-state index contributed by atoms with van der Waals surface area (Å²) in [5, 5.41) is 0.445. The molecule has 0 unspecified atom stereocenters. The van der Waals surface area contributed by atoms with Crippen LogP contribution in [-0.4, -0.2) is 36.7 Å². The summed E-state index contributed by atoms with van der Waals surface area (Å²) >= 11 is 1.21. The van der Waals surface area contributed by atoms with Crippen molar-refractivity contribution in [1.29, 1.82) is 0 Å². The molecule has 0 spiro atoms. The fourth-order valence-electron chi connectivity index (χ4n) is 2.68. The van der Waals surface area contributed by atoms with E-state index in [2.05, 4.69) is 4.99 Å². The lowest BCUT2D eigenvalue weighted by Gasteiger charge is -2.12. The van der Waals surface area contributed by atoms with Gasteiger partial charge in [-0.15, -0.1) is 0 Å². The maximum absolute atomic E-state index is 13.9. The molecule has 1 aliphatic heterocycles. The molecule has 2 aromatic rings. The number of carbonyl (C=O) groups is 1. The van der Waals surface area contributed by atoms with E-state index in [9.17, 15) is 9.18 Å². The topological polar surface area (TPSA) is 51.1 Å². The Labute approximate surface area is 161 Å². The minimum absolute atomic E-state index is 0.178. The Morgan fingerprint density at radius 1 is 1.15 bits per heavy atom. The number of benzene rings is 2. The Kier molecular flexibility index (Phi) is 5.81. The highest BCUT2D eigenvalue weighted by Gasteiger charge is 2.32. The fraction of sp³-hybridized carbons (Fsp3) is 0.200. The van der Waals surface area contributed by atoms with Crippen molar-refractivity contribution < 1.29 is 18.7 Å². The molecular formula is C20H19FN2O3S. The first-order valence-corrected chi connectivity index (χ1v) is 9.16. The second-order valence-electron chi connectivity index (χ2n) is 5.59. The van der Waals surface area contributed by atoms with Crippen molar-refractivity contribution >= 4 is 34.6 Å². The largest absolute Gasteiger partial charge is 0.493 e. The molecule has 1 amide bonds. The zero-order valence-corrected chi connectivity index (χ0v) is 16.0. The molecule has 0 aliphatic carbocycles. The lowest BCUT2D eigenvalue weighted by Crippen LogP contribution is -2.28. The van der Waals surface area contributed by atoms with Gasteiger partial charge >= 0.3 is 0 Å². The molecular weight excluding hydrogens is 367 g/mol. The Morgan fingerprint density at radius 3 is 2.59 bits per heavy atom. The van der Waals surface area contributed by atoms with E-state index < -0.39 is 5.82 Å². The highest BCUT2D eigenvalue weighted by molar-refractivity contribution is 8.18. The van der Waals surface area contributed by atoms with Crippen molar-refractivity contribution in [3.8, 4) is 11.5 Å². The number of carbonyl (C=O) groups excluding carboxylic acids is 1. The monoisotopic (exact) mass is 386 g/mol. The molecule has 1 heterocycles. The highest BCUT2D eigenvalue weighted by atomic mass is 32.2. The van der Waals surface area contributed by atoms with Crippen LogP contribution in [-0.2, 0) is 4.79 Å². The molecule has 1 saturated heterocycles. The van der Waals surface area contributed by atoms with Gasteiger partial charge in [-0.3, -0.25) is 9.69 Å². The van der Waals surface area contributed by atoms with Crippen molar-refractivity contribution in [2.75, 3.05) is 20.8 Å². The minimum Gasteiger partial charge on any atom is -0.493 e. The highest BCUT2D eigenvalue weighted by Crippen LogP contribution is 2.38. The van der Waals surface area contributed by atoms with Crippen LogP contribution in [0.25, 0.3) is 6.08 Å². The predicted octanol–water partition coefficient (Wildman–Crippen LogP) is 4.47. The van der Waals surface area contributed by atoms with E-state index in [1.54, 1.807) is 44.6 Å². The Hall–Kier alpha value is -2.80. The SMILES string of the molecule is CCN1C(=O)/C(=C\c2cccc(OC)c2OC)SC1=Nc1ccccc1F. The van der Waals surface area contributed by atoms with E-state index in [-0.39, 0.29) is 11.6 Å². The van der Waals surface area contributed by atoms with Gasteiger partial charge in [0, 0.05) is 12.1 Å². The van der Waals surface area contributed by atoms with Crippen LogP contribution in [0.5, 0.6) is 11.5 Å². The number of amides is 1. The molecule has 2 aromatic carbocycles. The number of methoxy groups -OCH3 is 2. The molecule has 0 saturated carbocycles. The van der Waals surface area contributed by atoms with E-state index in [0.717, 1.165) is 5.56 Å². The third kappa shape index (κ3) is 3.83. The van der Waals surface area contributed by atoms with Gasteiger partial charge in [-0.2, -0.15) is 0 Å². The number of ether oxygens (including phenoxy) is 2. The van der Waals surface area contributed by atoms with Crippen molar-refractivity contribution in [2.24, 2.45) is 4.99 Å². The smallest absolute Gasteiger partial charge is 0.266 e. The maximum Gasteiger partial charge on any atom is 0.266 e. The molecule has 0 radical (unpaired) electrons. The van der Waals surface area contributed by atoms with Crippen LogP contribution in [0.15, 0.2) is 52.4 Å². The molecule has 1 fully saturated rings. The first-order chi connectivity index (χ1) is 13.1. The number of para-hydroxylation sites is 2. The average molecular weight is 386 g/mol. The first-order valence-electron chi connectivity index (χ1n) is 8.34. The summed E-state index contributed by atoms with van der Waals surface area (Å²) in [6, 6.07) is 11.7. The van der Waals surface area contributed by atoms with Crippen molar-refractivity contribution in [3.63, 3.8) is 0 Å². The quantitative estimate of drug-likeness (QED) is 0.712. The summed E-state index contributed by atoms with van der Waals surface area (Å²) < 4.78 is 24.7. The molecule has 0 atom stereocenters. The van der Waals surface area contributed by atoms with E-state index in [1.807, 2.05) is 19.1 Å². The Morgan fingerprint density at radius 2 is 1.93 bits per heavy atom. The molecule has 0 bridgehead atoms. The second-order valence-corrected chi connectivity index (χ2v) is 6.60. The molecule has 0 N–H and O–H groups in total. The van der Waals surface area contributed by atoms with Crippen molar-refractivity contribution in [2.45, 2.75) is 6.92 Å². The van der Waals surface area contributed by atoms with Gasteiger partial charge in [-0.25, -0.2) is 9.38 Å². The zero-order valence-electron chi connectivity index (χ0n) is 15.2. The van der Waals surface area contributed by atoms with Gasteiger partial charge in [0.1, 0.15) is 11.5 Å². The first kappa shape index (κ1) is 19.0. The number of likely N-dealkylation sites (N-methyl/N-ethyl adjacent to an activating group) is 1. The van der Waals surface area contributed by atoms with Crippen LogP contribution in [0, 0.1) is 5.82 Å². The second kappa shape index (κ2) is 8.26. The predicted molar refractivity (Wildman–Crippen MR) is 106 cm³/mol. The summed E-state index contributed by atoms with van der Waals surface area (Å²) in [6.07, 6.45) is 1.74. The number of nitrogens with zero attached hydrogens (tertiary/aromatic N) is 2. The van der Waals surface area contributed by atoms with Crippen molar-refractivity contribution in [1.82, 2.24) is 4.90 Å². The van der Waals surface area contributed by atoms with Crippen LogP contribution in [0.4, 0.5) is 10.1 Å². The zero-order chi connectivity index (χ0) is 19.4. The summed E-state index contributed by atoms with van der Waals surface area (Å²) in [7, 11) is 3.11. The van der Waals surface area contributed by atoms with Gasteiger partial charge in [0.05, 0.1) is 19.1 Å². The van der Waals surface area contributed by atoms with Crippen LogP contribution in [0.2, 0.25) is 0 Å². The normalized spacial score (nSPS) is 17.0. The van der Waals surface area contributed by atoms with Crippen LogP contribution in [0.1, 0.15) is 12.5 Å². The Balaban J connectivity index is 2.01. The Bertz CT molecular complexity index is 927. The van der Waals surface area contributed by atoms with Gasteiger partial charge in [0.15, 0.2) is 16.7 Å². The van der Waals surface area contributed by atoms with E-state index >= 15 is 0 Å². The fourth-order valence-corrected chi connectivity index (χ4v) is 3.73. The van der Waals surface area contributed by atoms with Gasteiger partial charge < -0.3 is 9.47 Å². The van der Waals surface area contributed by atoms with Gasteiger partial charge in [-0.05, 0) is 43.0 Å². The lowest BCUT2D eigenvalue weighted by molar-refractivity contribution is -0.122. The van der Waals surface area contributed by atoms with Gasteiger partial charge in [-0.1, -0.05) is 24.3 Å². The van der Waals surface area contributed by atoms with Crippen LogP contribution >= 0.6 is 11.8 Å². The van der Waals surface area contributed by atoms with Crippen LogP contribution < -0.4 is 9.47 Å². The summed E-state index contributed by atoms with van der Waals surface area (Å²) in [4.78, 5) is 19.1. The third-order valence-corrected chi connectivity index (χ3v) is 5.00. The van der Waals surface area contributed by atoms with E-state index in [0.29, 0.717) is 28.1 Å². The van der Waals surface area contributed by atoms with E-state index in [4.69, 9.17) is 9.47 Å². The molecule has 1 aliphatic rings. The number of aliphatic imine (C=N–C) groups is 1. The van der Waals surface area contributed by atoms with Crippen LogP contribution in [0.3, 0.4) is 0 Å². The standard InChI is InChI=1S/C20H19FN2O3S/c1-4-23-19(24)17(12-13-8-7-11-16(25-2)18(13)26-3)27-20(23)22-15-10-6-5-9-14(15)21/h5-12H,4H2,1-3H3/b17-12+,22-20?. The average Bonchev–Trinajstić information content (AvgIpc) is 2.97. The maximum atomic E-state index is 13.9. The molecule has 0 aromatic heterocycles. The van der Waals surface area contributed by atoms with E-state index in [1.165, 1.54) is 22.7 Å². The molecule has 5 nitrogen and oxygen atoms in total. The number of hydrogen-bond acceptors (Lipinski definition) is 5. The summed E-state index contributed by atoms with van der Waals surface area (Å²) in [6.45, 7) is 2.29. The number of hydrogen-bond donors (Lipinski definition) is 0. The number of rotatable bonds is 5. The van der Waals surface area contributed by atoms with Gasteiger partial charge in [0.25, 0.3) is 5.91 Å². The number of thioether (sulfide) groups is 1. The number of amidine groups is 1. The minimum atomic E-state index is -0.430. The van der Waals surface area contributed by atoms with Crippen molar-refractivity contribution in [3.05, 3.63) is 58.8 Å². The summed E-state index contributed by atoms with van der Waals surface area (Å²) in [5.41, 5.74) is 0.919. The van der Waals surface area contributed by atoms with Gasteiger partial charge in [0.2, 0.25) is 0 Å². The molecule has 7 heteroatoms. The lowest BCUT2D eigenvalue weighted by atomic mass is 10.1.